The van der Waals surface area contributed by atoms with Crippen molar-refractivity contribution in [3.05, 3.63) is 119 Å². The van der Waals surface area contributed by atoms with Crippen molar-refractivity contribution >= 4 is 40.6 Å². The van der Waals surface area contributed by atoms with Crippen LogP contribution in [-0.4, -0.2) is 69.8 Å². The Hall–Kier alpha value is -5.28. The maximum absolute atomic E-state index is 13.7. The second kappa shape index (κ2) is 13.4. The van der Waals surface area contributed by atoms with Crippen molar-refractivity contribution < 1.29 is 23.9 Å². The molecule has 0 saturated carbocycles. The molecule has 4 aromatic carbocycles. The number of likely N-dealkylation sites (N-methyl/N-ethyl adjacent to an activating group) is 1. The number of fused-ring (bicyclic) bond motifs is 1. The normalized spacial score (nSPS) is 14.2. The molecule has 224 valence electrons. The number of carbonyl (C=O) groups is 3. The first-order valence-electron chi connectivity index (χ1n) is 14.2. The Morgan fingerprint density at radius 3 is 2.23 bits per heavy atom. The lowest BCUT2D eigenvalue weighted by atomic mass is 9.89. The molecule has 44 heavy (non-hydrogen) atoms. The first kappa shape index (κ1) is 30.2. The minimum Gasteiger partial charge on any atom is -0.496 e. The van der Waals surface area contributed by atoms with Crippen LogP contribution >= 0.6 is 0 Å². The van der Waals surface area contributed by atoms with Gasteiger partial charge in [-0.1, -0.05) is 42.5 Å². The number of methoxy groups -OCH3 is 2. The first-order chi connectivity index (χ1) is 21.3. The number of aliphatic imine (C=N–C) groups is 1. The van der Waals surface area contributed by atoms with Crippen LogP contribution in [0.1, 0.15) is 37.8 Å². The van der Waals surface area contributed by atoms with Crippen LogP contribution in [0, 0.1) is 0 Å². The number of esters is 1. The summed E-state index contributed by atoms with van der Waals surface area (Å²) < 4.78 is 10.4. The Morgan fingerprint density at radius 2 is 1.55 bits per heavy atom. The molecule has 0 saturated heterocycles. The smallest absolute Gasteiger partial charge is 0.337 e. The molecule has 1 unspecified atom stereocenters. The van der Waals surface area contributed by atoms with Crippen LogP contribution in [0.4, 0.5) is 17.1 Å². The molecule has 9 heteroatoms. The molecule has 9 nitrogen and oxygen atoms in total. The number of nitrogens with one attached hydrogen (secondary N) is 1. The van der Waals surface area contributed by atoms with Gasteiger partial charge in [-0.3, -0.25) is 14.6 Å². The number of rotatable bonds is 10. The van der Waals surface area contributed by atoms with E-state index in [1.807, 2.05) is 85.7 Å². The molecule has 0 bridgehead atoms. The lowest BCUT2D eigenvalue weighted by Crippen LogP contribution is -2.37. The molecule has 1 aliphatic heterocycles. The van der Waals surface area contributed by atoms with E-state index in [-0.39, 0.29) is 11.8 Å². The van der Waals surface area contributed by atoms with Gasteiger partial charge in [0.2, 0.25) is 5.91 Å². The van der Waals surface area contributed by atoms with E-state index in [0.29, 0.717) is 58.3 Å². The molecule has 1 aliphatic rings. The van der Waals surface area contributed by atoms with Gasteiger partial charge >= 0.3 is 5.97 Å². The van der Waals surface area contributed by atoms with Crippen molar-refractivity contribution in [1.29, 1.82) is 0 Å². The van der Waals surface area contributed by atoms with E-state index in [1.54, 1.807) is 42.3 Å². The van der Waals surface area contributed by atoms with Gasteiger partial charge in [-0.25, -0.2) is 4.79 Å². The van der Waals surface area contributed by atoms with Gasteiger partial charge in [0.05, 0.1) is 36.7 Å². The first-order valence-corrected chi connectivity index (χ1v) is 14.2. The van der Waals surface area contributed by atoms with Crippen molar-refractivity contribution in [2.45, 2.75) is 5.92 Å². The molecule has 0 fully saturated rings. The highest BCUT2D eigenvalue weighted by molar-refractivity contribution is 6.24. The van der Waals surface area contributed by atoms with E-state index < -0.39 is 11.9 Å². The summed E-state index contributed by atoms with van der Waals surface area (Å²) in [4.78, 5) is 48.1. The zero-order chi connectivity index (χ0) is 31.2. The third-order valence-electron chi connectivity index (χ3n) is 7.41. The summed E-state index contributed by atoms with van der Waals surface area (Å²) >= 11 is 0. The number of para-hydroxylation sites is 1. The van der Waals surface area contributed by atoms with E-state index in [0.717, 1.165) is 5.56 Å². The van der Waals surface area contributed by atoms with Gasteiger partial charge in [-0.15, -0.1) is 0 Å². The predicted molar refractivity (Wildman–Crippen MR) is 171 cm³/mol. The Bertz CT molecular complexity index is 1700. The van der Waals surface area contributed by atoms with E-state index in [9.17, 15) is 14.4 Å². The minimum atomic E-state index is -0.750. The van der Waals surface area contributed by atoms with E-state index in [2.05, 4.69) is 5.32 Å². The summed E-state index contributed by atoms with van der Waals surface area (Å²) in [6, 6.07) is 29.0. The standard InChI is InChI=1S/C35H34N4O5/c1-38(2)20-21-39(34(41)27-12-8-9-13-30(27)43-3)26-17-15-25(16-18-26)36-32(23-10-6-5-7-11-23)31-28-22-24(35(42)44-4)14-19-29(28)37-33(31)40/h5-19,22,31H,20-21H2,1-4H3,(H,37,40). The third kappa shape index (κ3) is 6.38. The van der Waals surface area contributed by atoms with Crippen LogP contribution in [0.5, 0.6) is 5.75 Å². The van der Waals surface area contributed by atoms with Crippen LogP contribution in [0.25, 0.3) is 0 Å². The van der Waals surface area contributed by atoms with Crippen LogP contribution in [0.3, 0.4) is 0 Å². The fourth-order valence-electron chi connectivity index (χ4n) is 5.14. The molecule has 2 amide bonds. The number of hydrogen-bond acceptors (Lipinski definition) is 7. The zero-order valence-electron chi connectivity index (χ0n) is 25.1. The molecule has 0 radical (unpaired) electrons. The van der Waals surface area contributed by atoms with Crippen molar-refractivity contribution in [3.63, 3.8) is 0 Å². The Kier molecular flexibility index (Phi) is 9.16. The Balaban J connectivity index is 1.54. The molecular formula is C35H34N4O5. The summed E-state index contributed by atoms with van der Waals surface area (Å²) in [5, 5.41) is 2.92. The molecule has 0 spiro atoms. The fourth-order valence-corrected chi connectivity index (χ4v) is 5.14. The average molecular weight is 591 g/mol. The van der Waals surface area contributed by atoms with Gasteiger partial charge in [-0.2, -0.15) is 0 Å². The quantitative estimate of drug-likeness (QED) is 0.192. The second-order valence-corrected chi connectivity index (χ2v) is 10.6. The largest absolute Gasteiger partial charge is 0.496 e. The number of anilines is 2. The monoisotopic (exact) mass is 590 g/mol. The molecule has 0 aromatic heterocycles. The van der Waals surface area contributed by atoms with E-state index in [1.165, 1.54) is 7.11 Å². The summed E-state index contributed by atoms with van der Waals surface area (Å²) in [5.74, 6) is -1.14. The van der Waals surface area contributed by atoms with Crippen molar-refractivity contribution in [2.24, 2.45) is 4.99 Å². The summed E-state index contributed by atoms with van der Waals surface area (Å²) in [6.45, 7) is 1.12. The molecule has 4 aromatic rings. The number of amides is 2. The van der Waals surface area contributed by atoms with Crippen molar-refractivity contribution in [3.8, 4) is 5.75 Å². The average Bonchev–Trinajstić information content (AvgIpc) is 3.38. The molecule has 1 N–H and O–H groups in total. The van der Waals surface area contributed by atoms with Crippen molar-refractivity contribution in [2.75, 3.05) is 51.6 Å². The topological polar surface area (TPSA) is 101 Å². The summed E-state index contributed by atoms with van der Waals surface area (Å²) in [6.07, 6.45) is 0. The Morgan fingerprint density at radius 1 is 0.841 bits per heavy atom. The predicted octanol–water partition coefficient (Wildman–Crippen LogP) is 5.55. The highest BCUT2D eigenvalue weighted by Gasteiger charge is 2.36. The van der Waals surface area contributed by atoms with Crippen molar-refractivity contribution in [1.82, 2.24) is 4.90 Å². The van der Waals surface area contributed by atoms with Crippen LogP contribution < -0.4 is 15.0 Å². The van der Waals surface area contributed by atoms with Crippen LogP contribution in [0.15, 0.2) is 102 Å². The summed E-state index contributed by atoms with van der Waals surface area (Å²) in [5.41, 5.74) is 4.71. The molecular weight excluding hydrogens is 556 g/mol. The zero-order valence-corrected chi connectivity index (χ0v) is 25.1. The fraction of sp³-hybridized carbons (Fsp3) is 0.200. The SMILES string of the molecule is COC(=O)c1ccc2c(c1)C(C(=Nc1ccc(N(CCN(C)C)C(=O)c3ccccc3OC)cc1)c1ccccc1)C(=O)N2. The maximum atomic E-state index is 13.7. The third-order valence-corrected chi connectivity index (χ3v) is 7.41. The number of nitrogens with zero attached hydrogens (tertiary/aromatic N) is 3. The van der Waals surface area contributed by atoms with Crippen LogP contribution in [0.2, 0.25) is 0 Å². The molecule has 1 heterocycles. The van der Waals surface area contributed by atoms with Gasteiger partial charge in [0.1, 0.15) is 11.7 Å². The highest BCUT2D eigenvalue weighted by atomic mass is 16.5. The number of hydrogen-bond donors (Lipinski definition) is 1. The highest BCUT2D eigenvalue weighted by Crippen LogP contribution is 2.37. The lowest BCUT2D eigenvalue weighted by Gasteiger charge is -2.25. The Labute approximate surface area is 256 Å². The van der Waals surface area contributed by atoms with Crippen LogP contribution in [-0.2, 0) is 9.53 Å². The molecule has 0 aliphatic carbocycles. The van der Waals surface area contributed by atoms with Gasteiger partial charge in [0.25, 0.3) is 5.91 Å². The number of benzene rings is 4. The number of ether oxygens (including phenoxy) is 2. The van der Waals surface area contributed by atoms with Gasteiger partial charge in [0.15, 0.2) is 0 Å². The number of carbonyl (C=O) groups excluding carboxylic acids is 3. The summed E-state index contributed by atoms with van der Waals surface area (Å²) in [7, 11) is 6.79. The molecule has 1 atom stereocenters. The molecule has 5 rings (SSSR count). The maximum Gasteiger partial charge on any atom is 0.337 e. The van der Waals surface area contributed by atoms with Gasteiger partial charge in [-0.05, 0) is 79.8 Å². The van der Waals surface area contributed by atoms with Gasteiger partial charge in [0, 0.05) is 24.5 Å². The minimum absolute atomic E-state index is 0.175. The lowest BCUT2D eigenvalue weighted by molar-refractivity contribution is -0.115. The second-order valence-electron chi connectivity index (χ2n) is 10.6. The van der Waals surface area contributed by atoms with E-state index in [4.69, 9.17) is 14.5 Å². The van der Waals surface area contributed by atoms with Gasteiger partial charge < -0.3 is 24.6 Å². The van der Waals surface area contributed by atoms with E-state index >= 15 is 0 Å².